The number of benzene rings is 1. The molecule has 28 heavy (non-hydrogen) atoms. The summed E-state index contributed by atoms with van der Waals surface area (Å²) in [4.78, 5) is 18.0. The number of aromatic nitrogens is 3. The van der Waals surface area contributed by atoms with E-state index in [2.05, 4.69) is 38.6 Å². The van der Waals surface area contributed by atoms with Crippen LogP contribution in [0.25, 0.3) is 11.3 Å². The Hall–Kier alpha value is -2.80. The number of piperazine rings is 1. The lowest BCUT2D eigenvalue weighted by atomic mass is 10.1. The second kappa shape index (κ2) is 8.06. The van der Waals surface area contributed by atoms with Crippen LogP contribution in [0, 0.1) is 5.82 Å². The molecule has 1 aliphatic rings. The third kappa shape index (κ3) is 4.20. The van der Waals surface area contributed by atoms with Crippen LogP contribution in [0.4, 0.5) is 10.3 Å². The van der Waals surface area contributed by atoms with Gasteiger partial charge in [-0.25, -0.2) is 19.3 Å². The van der Waals surface area contributed by atoms with Gasteiger partial charge in [0, 0.05) is 43.6 Å². The van der Waals surface area contributed by atoms with Crippen molar-refractivity contribution >= 4 is 5.95 Å². The van der Waals surface area contributed by atoms with Gasteiger partial charge >= 0.3 is 0 Å². The number of oxazole rings is 1. The zero-order valence-electron chi connectivity index (χ0n) is 16.2. The zero-order chi connectivity index (χ0) is 19.5. The van der Waals surface area contributed by atoms with Crippen LogP contribution in [0.3, 0.4) is 0 Å². The third-order valence-electron chi connectivity index (χ3n) is 4.93. The lowest BCUT2D eigenvalue weighted by Gasteiger charge is -2.34. The van der Waals surface area contributed by atoms with Crippen LogP contribution in [0.15, 0.2) is 47.1 Å². The van der Waals surface area contributed by atoms with E-state index < -0.39 is 0 Å². The van der Waals surface area contributed by atoms with Crippen molar-refractivity contribution in [2.75, 3.05) is 31.1 Å². The van der Waals surface area contributed by atoms with Gasteiger partial charge in [-0.15, -0.1) is 0 Å². The maximum Gasteiger partial charge on any atom is 0.225 e. The fourth-order valence-electron chi connectivity index (χ4n) is 3.29. The molecule has 6 nitrogen and oxygen atoms in total. The van der Waals surface area contributed by atoms with Gasteiger partial charge in [0.1, 0.15) is 5.82 Å². The van der Waals surface area contributed by atoms with E-state index >= 15 is 0 Å². The first-order chi connectivity index (χ1) is 13.6. The van der Waals surface area contributed by atoms with Crippen LogP contribution in [0.1, 0.15) is 31.4 Å². The number of anilines is 1. The summed E-state index contributed by atoms with van der Waals surface area (Å²) in [6.45, 7) is 8.39. The van der Waals surface area contributed by atoms with Gasteiger partial charge in [-0.3, -0.25) is 4.90 Å². The van der Waals surface area contributed by atoms with Crippen LogP contribution in [-0.2, 0) is 6.54 Å². The van der Waals surface area contributed by atoms with Crippen molar-refractivity contribution in [3.63, 3.8) is 0 Å². The standard InChI is InChI=1S/C21H24FN5O/c1-15(2)18-6-7-23-21(25-18)27-10-8-26(9-11-27)14-20-24-13-19(28-20)16-4-3-5-17(22)12-16/h3-7,12-13,15H,8-11,14H2,1-2H3. The fraction of sp³-hybridized carbons (Fsp3) is 0.381. The molecular formula is C21H24FN5O. The largest absolute Gasteiger partial charge is 0.439 e. The molecule has 3 aromatic rings. The molecule has 0 atom stereocenters. The fourth-order valence-corrected chi connectivity index (χ4v) is 3.29. The molecule has 0 aliphatic carbocycles. The summed E-state index contributed by atoms with van der Waals surface area (Å²) < 4.78 is 19.2. The number of hydrogen-bond acceptors (Lipinski definition) is 6. The minimum atomic E-state index is -0.282. The smallest absolute Gasteiger partial charge is 0.225 e. The molecule has 1 fully saturated rings. The average molecular weight is 381 g/mol. The Morgan fingerprint density at radius 3 is 2.68 bits per heavy atom. The van der Waals surface area contributed by atoms with Crippen LogP contribution in [0.2, 0.25) is 0 Å². The highest BCUT2D eigenvalue weighted by atomic mass is 19.1. The third-order valence-corrected chi connectivity index (χ3v) is 4.93. The normalized spacial score (nSPS) is 15.4. The molecule has 0 spiro atoms. The van der Waals surface area contributed by atoms with Crippen molar-refractivity contribution in [3.05, 3.63) is 60.1 Å². The van der Waals surface area contributed by atoms with E-state index in [0.29, 0.717) is 29.7 Å². The first-order valence-corrected chi connectivity index (χ1v) is 9.59. The molecule has 0 amide bonds. The number of nitrogens with zero attached hydrogens (tertiary/aromatic N) is 5. The number of rotatable bonds is 5. The monoisotopic (exact) mass is 381 g/mol. The van der Waals surface area contributed by atoms with E-state index in [9.17, 15) is 4.39 Å². The SMILES string of the molecule is CC(C)c1ccnc(N2CCN(Cc3ncc(-c4cccc(F)c4)o3)CC2)n1. The highest BCUT2D eigenvalue weighted by Gasteiger charge is 2.21. The molecular weight excluding hydrogens is 357 g/mol. The van der Waals surface area contributed by atoms with Crippen LogP contribution in [-0.4, -0.2) is 46.0 Å². The van der Waals surface area contributed by atoms with E-state index in [4.69, 9.17) is 4.42 Å². The predicted molar refractivity (Wildman–Crippen MR) is 106 cm³/mol. The Balaban J connectivity index is 1.35. The molecule has 0 radical (unpaired) electrons. The quantitative estimate of drug-likeness (QED) is 0.671. The maximum absolute atomic E-state index is 13.4. The Labute approximate surface area is 164 Å². The van der Waals surface area contributed by atoms with Gasteiger partial charge in [0.05, 0.1) is 12.7 Å². The van der Waals surface area contributed by atoms with Crippen LogP contribution in [0.5, 0.6) is 0 Å². The van der Waals surface area contributed by atoms with E-state index in [-0.39, 0.29) is 5.82 Å². The lowest BCUT2D eigenvalue weighted by Crippen LogP contribution is -2.46. The summed E-state index contributed by atoms with van der Waals surface area (Å²) in [5.74, 6) is 2.14. The Morgan fingerprint density at radius 2 is 1.93 bits per heavy atom. The van der Waals surface area contributed by atoms with Gasteiger partial charge in [0.15, 0.2) is 5.76 Å². The molecule has 3 heterocycles. The molecule has 1 aliphatic heterocycles. The molecule has 2 aromatic heterocycles. The molecule has 7 heteroatoms. The number of hydrogen-bond donors (Lipinski definition) is 0. The highest BCUT2D eigenvalue weighted by molar-refractivity contribution is 5.56. The molecule has 0 N–H and O–H groups in total. The summed E-state index contributed by atoms with van der Waals surface area (Å²) in [6.07, 6.45) is 3.50. The number of halogens is 1. The second-order valence-electron chi connectivity index (χ2n) is 7.33. The van der Waals surface area contributed by atoms with Crippen molar-refractivity contribution in [2.45, 2.75) is 26.3 Å². The van der Waals surface area contributed by atoms with Gasteiger partial charge in [-0.05, 0) is 24.1 Å². The van der Waals surface area contributed by atoms with Crippen molar-refractivity contribution in [1.29, 1.82) is 0 Å². The van der Waals surface area contributed by atoms with Crippen molar-refractivity contribution in [2.24, 2.45) is 0 Å². The maximum atomic E-state index is 13.4. The van der Waals surface area contributed by atoms with Crippen molar-refractivity contribution < 1.29 is 8.81 Å². The second-order valence-corrected chi connectivity index (χ2v) is 7.33. The first-order valence-electron chi connectivity index (χ1n) is 9.59. The molecule has 1 saturated heterocycles. The molecule has 1 aromatic carbocycles. The predicted octanol–water partition coefficient (Wildman–Crippen LogP) is 3.72. The van der Waals surface area contributed by atoms with E-state index in [1.54, 1.807) is 12.3 Å². The molecule has 0 unspecified atom stereocenters. The first kappa shape index (κ1) is 18.6. The van der Waals surface area contributed by atoms with Gasteiger partial charge in [-0.1, -0.05) is 26.0 Å². The highest BCUT2D eigenvalue weighted by Crippen LogP contribution is 2.22. The van der Waals surface area contributed by atoms with Crippen molar-refractivity contribution in [1.82, 2.24) is 19.9 Å². The van der Waals surface area contributed by atoms with E-state index in [0.717, 1.165) is 37.8 Å². The topological polar surface area (TPSA) is 58.3 Å². The Morgan fingerprint density at radius 1 is 1.11 bits per heavy atom. The Kier molecular flexibility index (Phi) is 5.34. The average Bonchev–Trinajstić information content (AvgIpc) is 3.17. The van der Waals surface area contributed by atoms with Gasteiger partial charge < -0.3 is 9.32 Å². The minimum absolute atomic E-state index is 0.282. The summed E-state index contributed by atoms with van der Waals surface area (Å²) in [6, 6.07) is 8.33. The lowest BCUT2D eigenvalue weighted by molar-refractivity contribution is 0.226. The van der Waals surface area contributed by atoms with E-state index in [1.165, 1.54) is 12.1 Å². The van der Waals surface area contributed by atoms with Gasteiger partial charge in [0.25, 0.3) is 0 Å². The molecule has 4 rings (SSSR count). The summed E-state index contributed by atoms with van der Waals surface area (Å²) >= 11 is 0. The van der Waals surface area contributed by atoms with E-state index in [1.807, 2.05) is 18.3 Å². The summed E-state index contributed by atoms with van der Waals surface area (Å²) in [5, 5.41) is 0. The van der Waals surface area contributed by atoms with Crippen LogP contribution < -0.4 is 4.90 Å². The van der Waals surface area contributed by atoms with Crippen LogP contribution >= 0.6 is 0 Å². The van der Waals surface area contributed by atoms with Gasteiger partial charge in [-0.2, -0.15) is 0 Å². The minimum Gasteiger partial charge on any atom is -0.439 e. The molecule has 146 valence electrons. The van der Waals surface area contributed by atoms with Crippen molar-refractivity contribution in [3.8, 4) is 11.3 Å². The molecule has 0 bridgehead atoms. The van der Waals surface area contributed by atoms with Gasteiger partial charge in [0.2, 0.25) is 11.8 Å². The Bertz CT molecular complexity index is 934. The summed E-state index contributed by atoms with van der Waals surface area (Å²) in [7, 11) is 0. The zero-order valence-corrected chi connectivity index (χ0v) is 16.2. The summed E-state index contributed by atoms with van der Waals surface area (Å²) in [5.41, 5.74) is 1.77. The molecule has 0 saturated carbocycles.